The topological polar surface area (TPSA) is 53.6 Å². The van der Waals surface area contributed by atoms with Gasteiger partial charge in [-0.1, -0.05) is 19.9 Å². The Morgan fingerprint density at radius 1 is 1.21 bits per heavy atom. The van der Waals surface area contributed by atoms with E-state index in [1.54, 1.807) is 6.07 Å². The molecular formula is C10H13BO3. The Morgan fingerprint density at radius 3 is 2.50 bits per heavy atom. The molecule has 0 bridgehead atoms. The minimum Gasteiger partial charge on any atom is -0.465 e. The summed E-state index contributed by atoms with van der Waals surface area (Å²) >= 11 is 0. The molecule has 3 nitrogen and oxygen atoms in total. The van der Waals surface area contributed by atoms with Crippen molar-refractivity contribution in [2.75, 3.05) is 0 Å². The molecule has 0 aromatic carbocycles. The van der Waals surface area contributed by atoms with Crippen LogP contribution in [0.1, 0.15) is 13.8 Å². The maximum atomic E-state index is 8.94. The van der Waals surface area contributed by atoms with Gasteiger partial charge in [-0.2, -0.15) is 0 Å². The normalized spacial score (nSPS) is 24.9. The first-order valence-corrected chi connectivity index (χ1v) is 4.77. The van der Waals surface area contributed by atoms with Crippen molar-refractivity contribution in [2.24, 2.45) is 11.8 Å². The predicted octanol–water partition coefficient (Wildman–Crippen LogP) is -1.19. The van der Waals surface area contributed by atoms with E-state index in [-0.39, 0.29) is 5.66 Å². The molecule has 0 amide bonds. The maximum absolute atomic E-state index is 8.94. The molecule has 1 aromatic heterocycles. The van der Waals surface area contributed by atoms with Gasteiger partial charge in [0.25, 0.3) is 0 Å². The lowest BCUT2D eigenvalue weighted by atomic mass is 9.87. The van der Waals surface area contributed by atoms with Gasteiger partial charge < -0.3 is 14.5 Å². The number of hydrogen-bond acceptors (Lipinski definition) is 3. The fourth-order valence-corrected chi connectivity index (χ4v) is 1.65. The zero-order valence-corrected chi connectivity index (χ0v) is 8.27. The summed E-state index contributed by atoms with van der Waals surface area (Å²) < 4.78 is 5.30. The molecule has 2 atom stereocenters. The first kappa shape index (κ1) is 9.56. The van der Waals surface area contributed by atoms with Crippen molar-refractivity contribution in [3.63, 3.8) is 0 Å². The Kier molecular flexibility index (Phi) is 2.25. The van der Waals surface area contributed by atoms with Gasteiger partial charge in [-0.15, -0.1) is 0 Å². The SMILES string of the molecule is CC1C=c2cc(B(O)O)oc2=CC1C. The minimum atomic E-state index is -1.52. The standard InChI is InChI=1S/C10H13BO3/c1-6-3-8-5-10(11(12)13)14-9(8)4-7(6)2/h3-7,12-13H,1-2H3. The highest BCUT2D eigenvalue weighted by molar-refractivity contribution is 6.56. The molecule has 1 aliphatic carbocycles. The van der Waals surface area contributed by atoms with E-state index >= 15 is 0 Å². The lowest BCUT2D eigenvalue weighted by Crippen LogP contribution is -2.28. The summed E-state index contributed by atoms with van der Waals surface area (Å²) in [6.45, 7) is 4.24. The molecule has 1 heterocycles. The Bertz CT molecular complexity index is 409. The number of rotatable bonds is 1. The zero-order valence-electron chi connectivity index (χ0n) is 8.27. The minimum absolute atomic E-state index is 0.212. The highest BCUT2D eigenvalue weighted by Gasteiger charge is 2.18. The average Bonchev–Trinajstić information content (AvgIpc) is 2.48. The molecule has 4 heteroatoms. The summed E-state index contributed by atoms with van der Waals surface area (Å²) in [6.07, 6.45) is 4.11. The maximum Gasteiger partial charge on any atom is 0.526 e. The lowest BCUT2D eigenvalue weighted by molar-refractivity contribution is 0.405. The van der Waals surface area contributed by atoms with Gasteiger partial charge in [-0.3, -0.25) is 0 Å². The van der Waals surface area contributed by atoms with Crippen LogP contribution in [0.15, 0.2) is 10.5 Å². The van der Waals surface area contributed by atoms with Crippen molar-refractivity contribution < 1.29 is 14.5 Å². The third-order valence-electron chi connectivity index (χ3n) is 2.75. The molecule has 1 aliphatic rings. The fraction of sp³-hybridized carbons (Fsp3) is 0.400. The zero-order chi connectivity index (χ0) is 10.3. The smallest absolute Gasteiger partial charge is 0.465 e. The van der Waals surface area contributed by atoms with E-state index in [2.05, 4.69) is 19.9 Å². The second-order valence-corrected chi connectivity index (χ2v) is 3.89. The molecule has 1 aromatic rings. The molecule has 2 unspecified atom stereocenters. The van der Waals surface area contributed by atoms with Crippen molar-refractivity contribution in [2.45, 2.75) is 13.8 Å². The third kappa shape index (κ3) is 1.51. The van der Waals surface area contributed by atoms with E-state index < -0.39 is 7.12 Å². The lowest BCUT2D eigenvalue weighted by Gasteiger charge is -2.13. The second kappa shape index (κ2) is 3.30. The van der Waals surface area contributed by atoms with Crippen LogP contribution in [-0.4, -0.2) is 17.2 Å². The van der Waals surface area contributed by atoms with Crippen molar-refractivity contribution in [1.29, 1.82) is 0 Å². The number of fused-ring (bicyclic) bond motifs is 1. The Hall–Kier alpha value is -0.995. The molecule has 0 saturated carbocycles. The molecule has 74 valence electrons. The van der Waals surface area contributed by atoms with Gasteiger partial charge in [0, 0.05) is 5.22 Å². The van der Waals surface area contributed by atoms with Crippen LogP contribution in [-0.2, 0) is 0 Å². The molecular weight excluding hydrogens is 179 g/mol. The molecule has 0 aliphatic heterocycles. The number of hydrogen-bond donors (Lipinski definition) is 2. The van der Waals surface area contributed by atoms with Gasteiger partial charge in [0.2, 0.25) is 0 Å². The van der Waals surface area contributed by atoms with Gasteiger partial charge in [-0.25, -0.2) is 0 Å². The van der Waals surface area contributed by atoms with Crippen LogP contribution >= 0.6 is 0 Å². The molecule has 0 spiro atoms. The van der Waals surface area contributed by atoms with Crippen molar-refractivity contribution in [1.82, 2.24) is 0 Å². The molecule has 2 N–H and O–H groups in total. The van der Waals surface area contributed by atoms with E-state index in [4.69, 9.17) is 14.5 Å². The number of furan rings is 1. The summed E-state index contributed by atoms with van der Waals surface area (Å²) in [5, 5.41) is 18.8. The predicted molar refractivity (Wildman–Crippen MR) is 55.0 cm³/mol. The fourth-order valence-electron chi connectivity index (χ4n) is 1.65. The van der Waals surface area contributed by atoms with Crippen molar-refractivity contribution in [3.8, 4) is 0 Å². The summed E-state index contributed by atoms with van der Waals surface area (Å²) in [6, 6.07) is 1.68. The monoisotopic (exact) mass is 192 g/mol. The van der Waals surface area contributed by atoms with Gasteiger partial charge in [-0.05, 0) is 24.0 Å². The third-order valence-corrected chi connectivity index (χ3v) is 2.75. The summed E-state index contributed by atoms with van der Waals surface area (Å²) in [7, 11) is -1.52. The Labute approximate surface area is 82.5 Å². The van der Waals surface area contributed by atoms with Gasteiger partial charge >= 0.3 is 7.12 Å². The summed E-state index contributed by atoms with van der Waals surface area (Å²) in [5.41, 5.74) is 0.961. The molecule has 0 fully saturated rings. The van der Waals surface area contributed by atoms with Crippen LogP contribution in [0, 0.1) is 11.8 Å². The average molecular weight is 192 g/mol. The van der Waals surface area contributed by atoms with Crippen LogP contribution in [0.4, 0.5) is 0 Å². The van der Waals surface area contributed by atoms with E-state index in [1.807, 2.05) is 6.08 Å². The second-order valence-electron chi connectivity index (χ2n) is 3.89. The highest BCUT2D eigenvalue weighted by Crippen LogP contribution is 2.14. The first-order valence-electron chi connectivity index (χ1n) is 4.77. The van der Waals surface area contributed by atoms with Crippen LogP contribution in [0.5, 0.6) is 0 Å². The van der Waals surface area contributed by atoms with E-state index in [1.165, 1.54) is 0 Å². The summed E-state index contributed by atoms with van der Waals surface area (Å²) in [5.74, 6) is 0.890. The van der Waals surface area contributed by atoms with E-state index in [9.17, 15) is 0 Å². The molecule has 14 heavy (non-hydrogen) atoms. The van der Waals surface area contributed by atoms with Crippen LogP contribution < -0.4 is 16.3 Å². The highest BCUT2D eigenvalue weighted by atomic mass is 16.4. The van der Waals surface area contributed by atoms with Crippen LogP contribution in [0.25, 0.3) is 12.2 Å². The van der Waals surface area contributed by atoms with Gasteiger partial charge in [0.05, 0.1) is 0 Å². The largest absolute Gasteiger partial charge is 0.526 e. The first-order chi connectivity index (χ1) is 6.58. The van der Waals surface area contributed by atoms with Crippen LogP contribution in [0.3, 0.4) is 0 Å². The molecule has 2 rings (SSSR count). The van der Waals surface area contributed by atoms with E-state index in [0.29, 0.717) is 11.8 Å². The summed E-state index contributed by atoms with van der Waals surface area (Å²) in [4.78, 5) is 0. The Balaban J connectivity index is 2.57. The van der Waals surface area contributed by atoms with Crippen molar-refractivity contribution in [3.05, 3.63) is 16.7 Å². The van der Waals surface area contributed by atoms with Crippen LogP contribution in [0.2, 0.25) is 0 Å². The van der Waals surface area contributed by atoms with Crippen molar-refractivity contribution >= 4 is 24.9 Å². The van der Waals surface area contributed by atoms with E-state index in [0.717, 1.165) is 10.6 Å². The molecule has 0 radical (unpaired) electrons. The Morgan fingerprint density at radius 2 is 1.86 bits per heavy atom. The molecule has 0 saturated heterocycles. The van der Waals surface area contributed by atoms with Gasteiger partial charge in [0.1, 0.15) is 11.1 Å². The quantitative estimate of drug-likeness (QED) is 0.550. The van der Waals surface area contributed by atoms with Gasteiger partial charge in [0.15, 0.2) is 0 Å².